The summed E-state index contributed by atoms with van der Waals surface area (Å²) >= 11 is 0. The Bertz CT molecular complexity index is 1030. The van der Waals surface area contributed by atoms with Crippen LogP contribution in [0.1, 0.15) is 29.6 Å². The zero-order valence-corrected chi connectivity index (χ0v) is 14.6. The number of anilines is 1. The van der Waals surface area contributed by atoms with Crippen LogP contribution in [0.3, 0.4) is 0 Å². The summed E-state index contributed by atoms with van der Waals surface area (Å²) in [6.45, 7) is 2.16. The van der Waals surface area contributed by atoms with E-state index in [1.165, 1.54) is 6.20 Å². The largest absolute Gasteiger partial charge is 0.477 e. The fourth-order valence-electron chi connectivity index (χ4n) is 4.84. The number of aromatic carboxylic acids is 1. The first-order valence-corrected chi connectivity index (χ1v) is 9.18. The van der Waals surface area contributed by atoms with Crippen molar-refractivity contribution in [2.45, 2.75) is 24.8 Å². The summed E-state index contributed by atoms with van der Waals surface area (Å²) in [6, 6.07) is 1.01. The Balaban J connectivity index is 1.81. The molecule has 0 radical (unpaired) electrons. The third kappa shape index (κ3) is 2.19. The van der Waals surface area contributed by atoms with Crippen LogP contribution in [0.25, 0.3) is 10.9 Å². The van der Waals surface area contributed by atoms with Crippen molar-refractivity contribution in [3.63, 3.8) is 0 Å². The Morgan fingerprint density at radius 2 is 1.89 bits per heavy atom. The minimum Gasteiger partial charge on any atom is -0.477 e. The van der Waals surface area contributed by atoms with Crippen LogP contribution < -0.4 is 15.6 Å². The lowest BCUT2D eigenvalue weighted by molar-refractivity contribution is -0.0863. The van der Waals surface area contributed by atoms with Crippen molar-refractivity contribution in [3.05, 3.63) is 39.7 Å². The molecule has 1 aromatic carbocycles. The highest BCUT2D eigenvalue weighted by molar-refractivity contribution is 5.94. The number of hydrogen-bond acceptors (Lipinski definition) is 4. The summed E-state index contributed by atoms with van der Waals surface area (Å²) in [7, 11) is 0. The Morgan fingerprint density at radius 3 is 2.44 bits per heavy atom. The number of benzene rings is 1. The fraction of sp³-hybridized carbons (Fsp3) is 0.474. The first-order valence-electron chi connectivity index (χ1n) is 9.18. The van der Waals surface area contributed by atoms with E-state index in [-0.39, 0.29) is 22.1 Å². The minimum atomic E-state index is -1.38. The van der Waals surface area contributed by atoms with Crippen molar-refractivity contribution >= 4 is 22.6 Å². The number of piperazine rings is 1. The molecular weight excluding hydrogens is 356 g/mol. The lowest BCUT2D eigenvalue weighted by atomic mass is 9.49. The number of halogens is 2. The van der Waals surface area contributed by atoms with E-state index in [0.29, 0.717) is 32.1 Å². The van der Waals surface area contributed by atoms with Crippen molar-refractivity contribution < 1.29 is 18.7 Å². The van der Waals surface area contributed by atoms with E-state index in [1.807, 2.05) is 0 Å². The van der Waals surface area contributed by atoms with Crippen LogP contribution in [0.15, 0.2) is 17.1 Å². The third-order valence-corrected chi connectivity index (χ3v) is 6.34. The van der Waals surface area contributed by atoms with Gasteiger partial charge in [-0.3, -0.25) is 4.79 Å². The maximum atomic E-state index is 15.6. The molecule has 6 rings (SSSR count). The Labute approximate surface area is 153 Å². The molecule has 0 atom stereocenters. The van der Waals surface area contributed by atoms with E-state index < -0.39 is 28.6 Å². The predicted molar refractivity (Wildman–Crippen MR) is 95.5 cm³/mol. The molecule has 4 fully saturated rings. The predicted octanol–water partition coefficient (Wildman–Crippen LogP) is 1.90. The van der Waals surface area contributed by atoms with Gasteiger partial charge in [0.15, 0.2) is 5.82 Å². The monoisotopic (exact) mass is 375 g/mol. The molecular formula is C19H19F2N3O3. The molecule has 1 aromatic heterocycles. The van der Waals surface area contributed by atoms with Gasteiger partial charge in [0, 0.05) is 37.9 Å². The molecule has 0 amide bonds. The molecule has 2 heterocycles. The summed E-state index contributed by atoms with van der Waals surface area (Å²) in [5.41, 5.74) is -1.74. The molecule has 2 bridgehead atoms. The maximum Gasteiger partial charge on any atom is 0.341 e. The maximum absolute atomic E-state index is 15.6. The number of rotatable bonds is 3. The number of pyridine rings is 1. The molecule has 0 unspecified atom stereocenters. The van der Waals surface area contributed by atoms with Crippen molar-refractivity contribution in [1.82, 2.24) is 9.88 Å². The van der Waals surface area contributed by atoms with Crippen LogP contribution >= 0.6 is 0 Å². The number of nitrogens with one attached hydrogen (secondary N) is 1. The number of carboxylic acid groups (broad SMARTS) is 1. The van der Waals surface area contributed by atoms with Gasteiger partial charge in [0.05, 0.1) is 10.9 Å². The van der Waals surface area contributed by atoms with Gasteiger partial charge in [0.1, 0.15) is 17.1 Å². The van der Waals surface area contributed by atoms with E-state index in [9.17, 15) is 19.1 Å². The standard InChI is InChI=1S/C19H19F2N3O3/c20-13-5-11-15(14(21)16(13)23-3-1-22-2-4-23)24(19-6-10(7-19)8-19)9-12(17(11)25)18(26)27/h5,9-10,22H,1-4,6-8H2,(H,26,27). The third-order valence-electron chi connectivity index (χ3n) is 6.34. The Hall–Kier alpha value is -2.48. The molecule has 1 aliphatic heterocycles. The first kappa shape index (κ1) is 16.7. The minimum absolute atomic E-state index is 0.0260. The molecule has 142 valence electrons. The van der Waals surface area contributed by atoms with Gasteiger partial charge in [-0.2, -0.15) is 0 Å². The second kappa shape index (κ2) is 5.51. The van der Waals surface area contributed by atoms with Crippen LogP contribution in [0, 0.1) is 17.6 Å². The molecule has 2 aromatic rings. The van der Waals surface area contributed by atoms with Gasteiger partial charge in [-0.15, -0.1) is 0 Å². The van der Waals surface area contributed by atoms with Crippen molar-refractivity contribution in [2.24, 2.45) is 5.92 Å². The van der Waals surface area contributed by atoms with Gasteiger partial charge in [-0.25, -0.2) is 13.6 Å². The Kier molecular flexibility index (Phi) is 3.40. The average Bonchev–Trinajstić information content (AvgIpc) is 2.55. The number of carboxylic acids is 1. The second-order valence-electron chi connectivity index (χ2n) is 7.90. The number of aromatic nitrogens is 1. The number of hydrogen-bond donors (Lipinski definition) is 2. The zero-order chi connectivity index (χ0) is 18.9. The smallest absolute Gasteiger partial charge is 0.341 e. The normalized spacial score (nSPS) is 26.6. The van der Waals surface area contributed by atoms with Crippen LogP contribution in [-0.2, 0) is 5.54 Å². The van der Waals surface area contributed by atoms with Crippen LogP contribution in [0.5, 0.6) is 0 Å². The summed E-state index contributed by atoms with van der Waals surface area (Å²) in [6.07, 6.45) is 3.77. The number of nitrogens with zero attached hydrogens (tertiary/aromatic N) is 2. The fourth-order valence-corrected chi connectivity index (χ4v) is 4.84. The van der Waals surface area contributed by atoms with Crippen molar-refractivity contribution in [1.29, 1.82) is 0 Å². The van der Waals surface area contributed by atoms with Gasteiger partial charge in [0.2, 0.25) is 5.43 Å². The van der Waals surface area contributed by atoms with E-state index in [0.717, 1.165) is 25.3 Å². The summed E-state index contributed by atoms with van der Waals surface area (Å²) < 4.78 is 32.0. The summed E-state index contributed by atoms with van der Waals surface area (Å²) in [5, 5.41) is 12.3. The van der Waals surface area contributed by atoms with Crippen molar-refractivity contribution in [2.75, 3.05) is 31.1 Å². The van der Waals surface area contributed by atoms with Crippen molar-refractivity contribution in [3.8, 4) is 0 Å². The highest BCUT2D eigenvalue weighted by Crippen LogP contribution is 2.63. The van der Waals surface area contributed by atoms with Gasteiger partial charge >= 0.3 is 5.97 Å². The lowest BCUT2D eigenvalue weighted by Crippen LogP contribution is -2.59. The van der Waals surface area contributed by atoms with Crippen LogP contribution in [0.4, 0.5) is 14.5 Å². The molecule has 4 aliphatic rings. The summed E-state index contributed by atoms with van der Waals surface area (Å²) in [4.78, 5) is 25.8. The molecule has 27 heavy (non-hydrogen) atoms. The van der Waals surface area contributed by atoms with E-state index in [1.54, 1.807) is 9.47 Å². The average molecular weight is 375 g/mol. The van der Waals surface area contributed by atoms with E-state index >= 15 is 4.39 Å². The van der Waals surface area contributed by atoms with Gasteiger partial charge in [-0.1, -0.05) is 0 Å². The number of fused-ring (bicyclic) bond motifs is 1. The van der Waals surface area contributed by atoms with Gasteiger partial charge < -0.3 is 19.9 Å². The molecule has 3 saturated carbocycles. The van der Waals surface area contributed by atoms with E-state index in [2.05, 4.69) is 5.32 Å². The van der Waals surface area contributed by atoms with Crippen LogP contribution in [-0.4, -0.2) is 41.8 Å². The molecule has 2 N–H and O–H groups in total. The zero-order valence-electron chi connectivity index (χ0n) is 14.6. The second-order valence-corrected chi connectivity index (χ2v) is 7.90. The van der Waals surface area contributed by atoms with Gasteiger partial charge in [0.25, 0.3) is 0 Å². The lowest BCUT2D eigenvalue weighted by Gasteiger charge is -2.63. The summed E-state index contributed by atoms with van der Waals surface area (Å²) in [5.74, 6) is -2.41. The molecule has 0 spiro atoms. The topological polar surface area (TPSA) is 74.6 Å². The SMILES string of the molecule is O=C(O)c1cn(C23CC(C2)C3)c2c(F)c(N3CCNCC3)c(F)cc2c1=O. The molecule has 8 heteroatoms. The van der Waals surface area contributed by atoms with E-state index in [4.69, 9.17) is 0 Å². The van der Waals surface area contributed by atoms with Gasteiger partial charge in [-0.05, 0) is 31.2 Å². The highest BCUT2D eigenvalue weighted by Gasteiger charge is 2.58. The quantitative estimate of drug-likeness (QED) is 0.857. The highest BCUT2D eigenvalue weighted by atomic mass is 19.1. The molecule has 3 aliphatic carbocycles. The molecule has 6 nitrogen and oxygen atoms in total. The Morgan fingerprint density at radius 1 is 1.22 bits per heavy atom. The molecule has 1 saturated heterocycles. The number of carbonyl (C=O) groups is 1. The van der Waals surface area contributed by atoms with Crippen LogP contribution in [0.2, 0.25) is 0 Å². The first-order chi connectivity index (χ1) is 12.9.